The molecule has 8 nitrogen and oxygen atoms in total. The van der Waals surface area contributed by atoms with Crippen LogP contribution < -0.4 is 15.7 Å². The number of carbonyl (C=O) groups excluding carboxylic acids is 1. The maximum atomic E-state index is 13.8. The second-order valence-corrected chi connectivity index (χ2v) is 7.61. The van der Waals surface area contributed by atoms with Gasteiger partial charge in [-0.2, -0.15) is 5.10 Å². The predicted molar refractivity (Wildman–Crippen MR) is 107 cm³/mol. The van der Waals surface area contributed by atoms with Crippen LogP contribution in [0.15, 0.2) is 23.0 Å². The first-order chi connectivity index (χ1) is 13.9. The van der Waals surface area contributed by atoms with Crippen LogP contribution in [0.1, 0.15) is 24.2 Å². The summed E-state index contributed by atoms with van der Waals surface area (Å²) < 4.78 is 21.9. The average molecular weight is 405 g/mol. The van der Waals surface area contributed by atoms with Crippen LogP contribution in [0.3, 0.4) is 0 Å². The Balaban J connectivity index is 1.56. The maximum Gasteiger partial charge on any atom is 0.345 e. The van der Waals surface area contributed by atoms with E-state index in [0.717, 1.165) is 12.4 Å². The van der Waals surface area contributed by atoms with Crippen LogP contribution in [0.25, 0.3) is 0 Å². The fourth-order valence-corrected chi connectivity index (χ4v) is 3.50. The van der Waals surface area contributed by atoms with Gasteiger partial charge in [0.25, 0.3) is 0 Å². The molecule has 0 saturated heterocycles. The Kier molecular flexibility index (Phi) is 6.68. The van der Waals surface area contributed by atoms with E-state index < -0.39 is 5.82 Å². The molecule has 0 spiro atoms. The molecule has 0 fully saturated rings. The average Bonchev–Trinajstić information content (AvgIpc) is 2.83. The Morgan fingerprint density at radius 1 is 1.38 bits per heavy atom. The predicted octanol–water partition coefficient (Wildman–Crippen LogP) is 0.818. The zero-order valence-corrected chi connectivity index (χ0v) is 17.2. The molecule has 1 amide bonds. The molecule has 1 aliphatic rings. The Labute approximate surface area is 169 Å². The van der Waals surface area contributed by atoms with Gasteiger partial charge in [0.1, 0.15) is 5.82 Å². The van der Waals surface area contributed by atoms with E-state index in [1.807, 2.05) is 19.0 Å². The molecule has 1 aromatic carbocycles. The van der Waals surface area contributed by atoms with Crippen LogP contribution in [0.5, 0.6) is 5.75 Å². The highest BCUT2D eigenvalue weighted by Crippen LogP contribution is 2.18. The summed E-state index contributed by atoms with van der Waals surface area (Å²) in [6.07, 6.45) is 2.10. The molecule has 9 heteroatoms. The first kappa shape index (κ1) is 21.0. The molecule has 158 valence electrons. The van der Waals surface area contributed by atoms with Crippen molar-refractivity contribution in [2.75, 3.05) is 27.7 Å². The van der Waals surface area contributed by atoms with E-state index in [4.69, 9.17) is 4.74 Å². The summed E-state index contributed by atoms with van der Waals surface area (Å²) >= 11 is 0. The maximum absolute atomic E-state index is 13.8. The standard InChI is InChI=1S/C20H28FN5O3/c1-24(2)10-11-26-20(28)25-9-8-15(5-7-18(25)23-26)22-19(27)13-14-4-6-17(29-3)16(21)12-14/h4,6,12,15H,5,7-11,13H2,1-3H3,(H,22,27). The number of rotatable bonds is 7. The van der Waals surface area contributed by atoms with E-state index in [1.165, 1.54) is 23.9 Å². The molecule has 1 N–H and O–H groups in total. The lowest BCUT2D eigenvalue weighted by molar-refractivity contribution is -0.121. The molecule has 1 aliphatic heterocycles. The lowest BCUT2D eigenvalue weighted by Crippen LogP contribution is -2.37. The number of aromatic nitrogens is 3. The van der Waals surface area contributed by atoms with Crippen LogP contribution >= 0.6 is 0 Å². The number of fused-ring (bicyclic) bond motifs is 1. The van der Waals surface area contributed by atoms with Gasteiger partial charge in [-0.1, -0.05) is 6.07 Å². The largest absolute Gasteiger partial charge is 0.494 e. The number of aryl methyl sites for hydroxylation is 1. The zero-order valence-electron chi connectivity index (χ0n) is 17.2. The Hall–Kier alpha value is -2.68. The molecule has 2 aromatic rings. The van der Waals surface area contributed by atoms with Gasteiger partial charge in [-0.3, -0.25) is 9.36 Å². The SMILES string of the molecule is COc1ccc(CC(=O)NC2CCc3nn(CCN(C)C)c(=O)n3CC2)cc1F. The minimum atomic E-state index is -0.483. The monoisotopic (exact) mass is 405 g/mol. The molecular weight excluding hydrogens is 377 g/mol. The van der Waals surface area contributed by atoms with Crippen molar-refractivity contribution in [3.63, 3.8) is 0 Å². The van der Waals surface area contributed by atoms with E-state index in [9.17, 15) is 14.0 Å². The van der Waals surface area contributed by atoms with Crippen molar-refractivity contribution in [1.82, 2.24) is 24.6 Å². The third kappa shape index (κ3) is 5.23. The fourth-order valence-electron chi connectivity index (χ4n) is 3.50. The van der Waals surface area contributed by atoms with E-state index in [1.54, 1.807) is 10.6 Å². The molecule has 2 heterocycles. The quantitative estimate of drug-likeness (QED) is 0.738. The summed E-state index contributed by atoms with van der Waals surface area (Å²) in [7, 11) is 5.32. The molecule has 29 heavy (non-hydrogen) atoms. The lowest BCUT2D eigenvalue weighted by Gasteiger charge is -2.16. The van der Waals surface area contributed by atoms with Crippen molar-refractivity contribution in [1.29, 1.82) is 0 Å². The Bertz CT molecular complexity index is 921. The van der Waals surface area contributed by atoms with E-state index in [0.29, 0.717) is 37.9 Å². The van der Waals surface area contributed by atoms with Gasteiger partial charge in [-0.15, -0.1) is 0 Å². The van der Waals surface area contributed by atoms with Gasteiger partial charge >= 0.3 is 5.69 Å². The molecule has 0 radical (unpaired) electrons. The third-order valence-corrected chi connectivity index (χ3v) is 5.12. The van der Waals surface area contributed by atoms with Crippen molar-refractivity contribution in [2.45, 2.75) is 44.8 Å². The molecule has 1 unspecified atom stereocenters. The number of hydrogen-bond acceptors (Lipinski definition) is 5. The molecule has 0 saturated carbocycles. The summed E-state index contributed by atoms with van der Waals surface area (Å²) in [6, 6.07) is 4.48. The highest BCUT2D eigenvalue weighted by atomic mass is 19.1. The number of ether oxygens (including phenoxy) is 1. The zero-order chi connectivity index (χ0) is 21.0. The van der Waals surface area contributed by atoms with Crippen molar-refractivity contribution >= 4 is 5.91 Å². The van der Waals surface area contributed by atoms with Gasteiger partial charge in [-0.05, 0) is 44.6 Å². The second-order valence-electron chi connectivity index (χ2n) is 7.61. The minimum absolute atomic E-state index is 0.0399. The molecule has 0 bridgehead atoms. The van der Waals surface area contributed by atoms with Crippen LogP contribution in [0.4, 0.5) is 4.39 Å². The van der Waals surface area contributed by atoms with E-state index in [2.05, 4.69) is 10.4 Å². The fraction of sp³-hybridized carbons (Fsp3) is 0.550. The lowest BCUT2D eigenvalue weighted by atomic mass is 10.1. The van der Waals surface area contributed by atoms with Gasteiger partial charge in [0.05, 0.1) is 20.1 Å². The molecule has 0 aliphatic carbocycles. The highest BCUT2D eigenvalue weighted by molar-refractivity contribution is 5.78. The van der Waals surface area contributed by atoms with Crippen LogP contribution in [-0.4, -0.2) is 58.9 Å². The van der Waals surface area contributed by atoms with Gasteiger partial charge in [0.2, 0.25) is 5.91 Å². The molecule has 1 aromatic heterocycles. The minimum Gasteiger partial charge on any atom is -0.494 e. The Morgan fingerprint density at radius 2 is 2.17 bits per heavy atom. The van der Waals surface area contributed by atoms with Gasteiger partial charge in [-0.25, -0.2) is 13.9 Å². The summed E-state index contributed by atoms with van der Waals surface area (Å²) in [5, 5.41) is 7.47. The van der Waals surface area contributed by atoms with Gasteiger partial charge in [0, 0.05) is 25.6 Å². The summed E-state index contributed by atoms with van der Waals surface area (Å²) in [4.78, 5) is 26.9. The number of amides is 1. The normalized spacial score (nSPS) is 16.4. The highest BCUT2D eigenvalue weighted by Gasteiger charge is 2.22. The van der Waals surface area contributed by atoms with Crippen molar-refractivity contribution in [2.24, 2.45) is 0 Å². The topological polar surface area (TPSA) is 81.4 Å². The number of carbonyl (C=O) groups is 1. The van der Waals surface area contributed by atoms with Gasteiger partial charge in [0.15, 0.2) is 11.6 Å². The van der Waals surface area contributed by atoms with Crippen LogP contribution in [0.2, 0.25) is 0 Å². The van der Waals surface area contributed by atoms with Crippen LogP contribution in [0, 0.1) is 5.82 Å². The van der Waals surface area contributed by atoms with Crippen molar-refractivity contribution in [3.8, 4) is 5.75 Å². The summed E-state index contributed by atoms with van der Waals surface area (Å²) in [5.41, 5.74) is 0.494. The number of halogens is 1. The number of nitrogens with one attached hydrogen (secondary N) is 1. The first-order valence-electron chi connectivity index (χ1n) is 9.80. The number of hydrogen-bond donors (Lipinski definition) is 1. The second kappa shape index (κ2) is 9.21. The first-order valence-corrected chi connectivity index (χ1v) is 9.80. The summed E-state index contributed by atoms with van der Waals surface area (Å²) in [5.74, 6) is 0.275. The number of methoxy groups -OCH3 is 1. The molecule has 3 rings (SSSR count). The molecule has 1 atom stereocenters. The summed E-state index contributed by atoms with van der Waals surface area (Å²) in [6.45, 7) is 1.84. The Morgan fingerprint density at radius 3 is 2.86 bits per heavy atom. The third-order valence-electron chi connectivity index (χ3n) is 5.12. The van der Waals surface area contributed by atoms with Crippen molar-refractivity contribution in [3.05, 3.63) is 45.9 Å². The van der Waals surface area contributed by atoms with E-state index >= 15 is 0 Å². The number of nitrogens with zero attached hydrogens (tertiary/aromatic N) is 4. The molecular formula is C20H28FN5O3. The van der Waals surface area contributed by atoms with E-state index in [-0.39, 0.29) is 29.8 Å². The van der Waals surface area contributed by atoms with Gasteiger partial charge < -0.3 is 15.0 Å². The number of benzene rings is 1. The van der Waals surface area contributed by atoms with Crippen molar-refractivity contribution < 1.29 is 13.9 Å². The smallest absolute Gasteiger partial charge is 0.345 e. The number of likely N-dealkylation sites (N-methyl/N-ethyl adjacent to an activating group) is 1. The van der Waals surface area contributed by atoms with Crippen LogP contribution in [-0.2, 0) is 30.7 Å².